The molecule has 3 N–H and O–H groups in total. The van der Waals surface area contributed by atoms with Crippen molar-refractivity contribution in [1.82, 2.24) is 19.9 Å². The Morgan fingerprint density at radius 2 is 1.94 bits per heavy atom. The molecule has 0 saturated carbocycles. The lowest BCUT2D eigenvalue weighted by Gasteiger charge is -2.35. The first kappa shape index (κ1) is 24.2. The van der Waals surface area contributed by atoms with Crippen molar-refractivity contribution in [3.8, 4) is 0 Å². The van der Waals surface area contributed by atoms with Gasteiger partial charge in [-0.2, -0.15) is 0 Å². The summed E-state index contributed by atoms with van der Waals surface area (Å²) in [4.78, 5) is 51.4. The molecule has 1 fully saturated rings. The molecule has 1 saturated heterocycles. The highest BCUT2D eigenvalue weighted by atomic mass is 16.6. The number of para-hydroxylation sites is 1. The van der Waals surface area contributed by atoms with Crippen LogP contribution >= 0.6 is 0 Å². The zero-order valence-electron chi connectivity index (χ0n) is 20.3. The predicted octanol–water partition coefficient (Wildman–Crippen LogP) is 4.31. The lowest BCUT2D eigenvalue weighted by molar-refractivity contribution is -0.145. The molecule has 3 aromatic rings. The van der Waals surface area contributed by atoms with Gasteiger partial charge in [-0.05, 0) is 64.7 Å². The Bertz CT molecular complexity index is 1260. The first-order valence-electron chi connectivity index (χ1n) is 11.6. The summed E-state index contributed by atoms with van der Waals surface area (Å²) in [6.07, 6.45) is 4.96. The number of H-pyrrole nitrogens is 1. The molecular formula is C25H30N6O4. The number of anilines is 2. The normalized spacial score (nSPS) is 16.1. The molecule has 3 amide bonds. The van der Waals surface area contributed by atoms with Crippen LogP contribution in [0.3, 0.4) is 0 Å². The zero-order chi connectivity index (χ0) is 25.2. The Morgan fingerprint density at radius 1 is 1.14 bits per heavy atom. The van der Waals surface area contributed by atoms with Crippen LogP contribution in [0.1, 0.15) is 57.2 Å². The minimum absolute atomic E-state index is 0.228. The van der Waals surface area contributed by atoms with Gasteiger partial charge in [-0.15, -0.1) is 0 Å². The summed E-state index contributed by atoms with van der Waals surface area (Å²) in [5, 5.41) is 5.23. The molecule has 184 valence electrons. The molecule has 0 spiro atoms. The van der Waals surface area contributed by atoms with E-state index >= 15 is 0 Å². The van der Waals surface area contributed by atoms with E-state index in [1.807, 2.05) is 18.2 Å². The van der Waals surface area contributed by atoms with Gasteiger partial charge in [-0.1, -0.05) is 12.1 Å². The number of piperidine rings is 1. The molecule has 2 aromatic heterocycles. The van der Waals surface area contributed by atoms with Gasteiger partial charge in [-0.3, -0.25) is 14.9 Å². The van der Waals surface area contributed by atoms with Crippen LogP contribution in [0.4, 0.5) is 16.3 Å². The highest BCUT2D eigenvalue weighted by Gasteiger charge is 2.33. The van der Waals surface area contributed by atoms with E-state index in [-0.39, 0.29) is 6.04 Å². The molecule has 0 aliphatic carbocycles. The number of rotatable bonds is 3. The van der Waals surface area contributed by atoms with Crippen LogP contribution in [0, 0.1) is 6.92 Å². The van der Waals surface area contributed by atoms with Gasteiger partial charge in [0.05, 0.1) is 35.3 Å². The van der Waals surface area contributed by atoms with Gasteiger partial charge in [-0.25, -0.2) is 14.8 Å². The monoisotopic (exact) mass is 478 g/mol. The number of aromatic nitrogens is 3. The number of fused-ring (bicyclic) bond motifs is 1. The summed E-state index contributed by atoms with van der Waals surface area (Å²) < 4.78 is 5.24. The Balaban J connectivity index is 1.46. The topological polar surface area (TPSA) is 129 Å². The van der Waals surface area contributed by atoms with E-state index in [2.05, 4.69) is 25.6 Å². The number of carbonyl (C=O) groups is 3. The van der Waals surface area contributed by atoms with Gasteiger partial charge >= 0.3 is 17.9 Å². The first-order chi connectivity index (χ1) is 16.6. The maximum absolute atomic E-state index is 13.2. The summed E-state index contributed by atoms with van der Waals surface area (Å²) >= 11 is 0. The number of ether oxygens (including phenoxy) is 1. The van der Waals surface area contributed by atoms with Crippen LogP contribution in [-0.4, -0.2) is 49.9 Å². The fourth-order valence-electron chi connectivity index (χ4n) is 4.24. The third kappa shape index (κ3) is 5.59. The number of pyridine rings is 1. The number of aromatic amines is 1. The second-order valence-electron chi connectivity index (χ2n) is 9.63. The Hall–Kier alpha value is -3.95. The average Bonchev–Trinajstić information content (AvgIpc) is 3.28. The smallest absolute Gasteiger partial charge is 0.413 e. The molecule has 1 aliphatic rings. The maximum atomic E-state index is 13.2. The minimum atomic E-state index is -0.736. The maximum Gasteiger partial charge on any atom is 0.413 e. The number of imidazole rings is 1. The van der Waals surface area contributed by atoms with Gasteiger partial charge in [0.25, 0.3) is 0 Å². The highest BCUT2D eigenvalue weighted by molar-refractivity contribution is 6.39. The van der Waals surface area contributed by atoms with E-state index in [4.69, 9.17) is 4.74 Å². The van der Waals surface area contributed by atoms with Gasteiger partial charge < -0.3 is 19.9 Å². The summed E-state index contributed by atoms with van der Waals surface area (Å²) in [5.74, 6) is -1.03. The SMILES string of the molecule is Cc1cc(NC(=O)C(=O)N2CCCCC2c2cccc3[nH]cnc23)cnc1NC(=O)OC(C)(C)C. The van der Waals surface area contributed by atoms with Crippen molar-refractivity contribution in [2.45, 2.75) is 58.6 Å². The number of amides is 3. The first-order valence-corrected chi connectivity index (χ1v) is 11.6. The number of aryl methyl sites for hydroxylation is 1. The standard InChI is InChI=1S/C25H30N6O4/c1-15-12-16(13-26-21(15)30-24(34)35-25(2,3)4)29-22(32)23(33)31-11-6-5-10-19(31)17-8-7-9-18-20(17)28-14-27-18/h7-9,12-14,19H,5-6,10-11H2,1-4H3,(H,27,28)(H,29,32)(H,26,30,34). The molecule has 10 heteroatoms. The summed E-state index contributed by atoms with van der Waals surface area (Å²) in [5.41, 5.74) is 2.97. The van der Waals surface area contributed by atoms with Crippen molar-refractivity contribution in [2.75, 3.05) is 17.2 Å². The van der Waals surface area contributed by atoms with E-state index in [1.54, 1.807) is 45.0 Å². The number of hydrogen-bond acceptors (Lipinski definition) is 6. The molecular weight excluding hydrogens is 448 g/mol. The number of hydrogen-bond donors (Lipinski definition) is 3. The van der Waals surface area contributed by atoms with E-state index in [0.717, 1.165) is 35.9 Å². The molecule has 1 aromatic carbocycles. The zero-order valence-corrected chi connectivity index (χ0v) is 20.3. The van der Waals surface area contributed by atoms with Crippen LogP contribution < -0.4 is 10.6 Å². The van der Waals surface area contributed by atoms with Crippen LogP contribution in [0.2, 0.25) is 0 Å². The van der Waals surface area contributed by atoms with Crippen molar-refractivity contribution in [1.29, 1.82) is 0 Å². The predicted molar refractivity (Wildman–Crippen MR) is 132 cm³/mol. The summed E-state index contributed by atoms with van der Waals surface area (Å²) in [7, 11) is 0. The van der Waals surface area contributed by atoms with Crippen LogP contribution in [0.5, 0.6) is 0 Å². The van der Waals surface area contributed by atoms with Gasteiger partial charge in [0, 0.05) is 12.1 Å². The average molecular weight is 479 g/mol. The Kier molecular flexibility index (Phi) is 6.72. The summed E-state index contributed by atoms with van der Waals surface area (Å²) in [6, 6.07) is 7.23. The number of likely N-dealkylation sites (tertiary alicyclic amines) is 1. The number of carbonyl (C=O) groups excluding carboxylic acids is 3. The van der Waals surface area contributed by atoms with E-state index in [1.165, 1.54) is 6.20 Å². The molecule has 4 rings (SSSR count). The van der Waals surface area contributed by atoms with Crippen molar-refractivity contribution in [3.05, 3.63) is 47.9 Å². The van der Waals surface area contributed by atoms with Crippen LogP contribution in [0.15, 0.2) is 36.8 Å². The third-order valence-electron chi connectivity index (χ3n) is 5.75. The molecule has 1 unspecified atom stereocenters. The van der Waals surface area contributed by atoms with Crippen molar-refractivity contribution in [2.24, 2.45) is 0 Å². The fraction of sp³-hybridized carbons (Fsp3) is 0.400. The van der Waals surface area contributed by atoms with Gasteiger partial charge in [0.1, 0.15) is 11.4 Å². The third-order valence-corrected chi connectivity index (χ3v) is 5.75. The fourth-order valence-corrected chi connectivity index (χ4v) is 4.24. The van der Waals surface area contributed by atoms with Crippen LogP contribution in [-0.2, 0) is 14.3 Å². The van der Waals surface area contributed by atoms with E-state index < -0.39 is 23.5 Å². The van der Waals surface area contributed by atoms with E-state index in [0.29, 0.717) is 23.6 Å². The quantitative estimate of drug-likeness (QED) is 0.481. The molecule has 1 aliphatic heterocycles. The lowest BCUT2D eigenvalue weighted by atomic mass is 9.94. The van der Waals surface area contributed by atoms with Crippen molar-refractivity contribution < 1.29 is 19.1 Å². The Labute approximate surface area is 203 Å². The van der Waals surface area contributed by atoms with Gasteiger partial charge in [0.2, 0.25) is 0 Å². The van der Waals surface area contributed by atoms with Gasteiger partial charge in [0.15, 0.2) is 0 Å². The number of nitrogens with one attached hydrogen (secondary N) is 3. The second-order valence-corrected chi connectivity index (χ2v) is 9.63. The van der Waals surface area contributed by atoms with Crippen molar-refractivity contribution in [3.63, 3.8) is 0 Å². The molecule has 10 nitrogen and oxygen atoms in total. The minimum Gasteiger partial charge on any atom is -0.444 e. The lowest BCUT2D eigenvalue weighted by Crippen LogP contribution is -2.44. The number of nitrogens with zero attached hydrogens (tertiary/aromatic N) is 3. The summed E-state index contributed by atoms with van der Waals surface area (Å²) in [6.45, 7) is 7.54. The molecule has 3 heterocycles. The molecule has 1 atom stereocenters. The second kappa shape index (κ2) is 9.73. The largest absolute Gasteiger partial charge is 0.444 e. The molecule has 0 radical (unpaired) electrons. The van der Waals surface area contributed by atoms with Crippen molar-refractivity contribution >= 4 is 40.4 Å². The molecule has 0 bridgehead atoms. The Morgan fingerprint density at radius 3 is 2.69 bits per heavy atom. The highest BCUT2D eigenvalue weighted by Crippen LogP contribution is 2.34. The number of benzene rings is 1. The van der Waals surface area contributed by atoms with Crippen LogP contribution in [0.25, 0.3) is 11.0 Å². The van der Waals surface area contributed by atoms with E-state index in [9.17, 15) is 14.4 Å². The molecule has 35 heavy (non-hydrogen) atoms.